The highest BCUT2D eigenvalue weighted by molar-refractivity contribution is 8.13. The normalized spacial score (nSPS) is 19.8. The van der Waals surface area contributed by atoms with Gasteiger partial charge in [-0.15, -0.1) is 0 Å². The maximum absolute atomic E-state index is 13.2. The van der Waals surface area contributed by atoms with Gasteiger partial charge in [-0.2, -0.15) is 18.2 Å². The third-order valence-electron chi connectivity index (χ3n) is 7.14. The van der Waals surface area contributed by atoms with Gasteiger partial charge in [-0.1, -0.05) is 56.0 Å². The van der Waals surface area contributed by atoms with E-state index in [0.717, 1.165) is 30.5 Å². The molecular weight excluding hydrogens is 503 g/mol. The fraction of sp³-hybridized carbons (Fsp3) is 0.444. The molecule has 196 valence electrons. The second-order valence-electron chi connectivity index (χ2n) is 9.50. The summed E-state index contributed by atoms with van der Waals surface area (Å²) < 4.78 is 49.9. The molecule has 0 spiro atoms. The summed E-state index contributed by atoms with van der Waals surface area (Å²) in [5.74, 6) is 2.22. The number of carbonyl (C=O) groups excluding carboxylic acids is 1. The van der Waals surface area contributed by atoms with Crippen molar-refractivity contribution in [2.24, 2.45) is 15.9 Å². The van der Waals surface area contributed by atoms with Gasteiger partial charge in [0.25, 0.3) is 5.91 Å². The molecule has 37 heavy (non-hydrogen) atoms. The first-order valence-corrected chi connectivity index (χ1v) is 13.3. The molecule has 1 fully saturated rings. The SMILES string of the molecule is COc1cc2c(cc1OC)C1=NC(=O)[C@H](CC3CCCCC3)N1C(SCc1ccc(C(F)(F)F)cc1)=N2. The van der Waals surface area contributed by atoms with Gasteiger partial charge >= 0.3 is 6.18 Å². The van der Waals surface area contributed by atoms with Crippen molar-refractivity contribution in [1.29, 1.82) is 0 Å². The molecule has 2 aromatic rings. The molecule has 0 N–H and O–H groups in total. The Balaban J connectivity index is 1.47. The quantitative estimate of drug-likeness (QED) is 0.421. The van der Waals surface area contributed by atoms with Crippen LogP contribution in [0.15, 0.2) is 46.4 Å². The lowest BCUT2D eigenvalue weighted by atomic mass is 9.84. The van der Waals surface area contributed by atoms with E-state index in [2.05, 4.69) is 4.99 Å². The Bertz CT molecular complexity index is 1240. The summed E-state index contributed by atoms with van der Waals surface area (Å²) in [4.78, 5) is 24.5. The molecule has 0 unspecified atom stereocenters. The van der Waals surface area contributed by atoms with E-state index in [9.17, 15) is 18.0 Å². The summed E-state index contributed by atoms with van der Waals surface area (Å²) in [5.41, 5.74) is 1.34. The molecule has 5 rings (SSSR count). The summed E-state index contributed by atoms with van der Waals surface area (Å²) >= 11 is 1.38. The van der Waals surface area contributed by atoms with Crippen LogP contribution in [0.3, 0.4) is 0 Å². The highest BCUT2D eigenvalue weighted by Crippen LogP contribution is 2.42. The number of rotatable bonds is 6. The molecule has 2 aliphatic heterocycles. The van der Waals surface area contributed by atoms with Crippen molar-refractivity contribution in [3.8, 4) is 11.5 Å². The number of nitrogens with zero attached hydrogens (tertiary/aromatic N) is 3. The largest absolute Gasteiger partial charge is 0.493 e. The fourth-order valence-electron chi connectivity index (χ4n) is 5.19. The third-order valence-corrected chi connectivity index (χ3v) is 8.16. The highest BCUT2D eigenvalue weighted by Gasteiger charge is 2.43. The first-order chi connectivity index (χ1) is 17.8. The Morgan fingerprint density at radius 3 is 2.32 bits per heavy atom. The van der Waals surface area contributed by atoms with Crippen LogP contribution in [0.2, 0.25) is 0 Å². The monoisotopic (exact) mass is 531 g/mol. The van der Waals surface area contributed by atoms with E-state index in [-0.39, 0.29) is 5.91 Å². The zero-order valence-electron chi connectivity index (χ0n) is 20.7. The first-order valence-electron chi connectivity index (χ1n) is 12.3. The van der Waals surface area contributed by atoms with Gasteiger partial charge in [0.1, 0.15) is 11.9 Å². The molecule has 0 aromatic heterocycles. The van der Waals surface area contributed by atoms with E-state index < -0.39 is 17.8 Å². The predicted molar refractivity (Wildman–Crippen MR) is 138 cm³/mol. The predicted octanol–water partition coefficient (Wildman–Crippen LogP) is 6.58. The molecular formula is C27H28F3N3O3S. The van der Waals surface area contributed by atoms with Crippen LogP contribution in [0.4, 0.5) is 18.9 Å². The number of ether oxygens (including phenoxy) is 2. The van der Waals surface area contributed by atoms with Gasteiger partial charge in [-0.05, 0) is 36.1 Å². The minimum absolute atomic E-state index is 0.189. The van der Waals surface area contributed by atoms with E-state index in [1.807, 2.05) is 4.90 Å². The van der Waals surface area contributed by atoms with Crippen LogP contribution < -0.4 is 9.47 Å². The summed E-state index contributed by atoms with van der Waals surface area (Å²) in [5, 5.41) is 0.602. The van der Waals surface area contributed by atoms with Gasteiger partial charge in [0.2, 0.25) is 0 Å². The molecule has 0 saturated heterocycles. The van der Waals surface area contributed by atoms with E-state index in [1.165, 1.54) is 43.2 Å². The molecule has 10 heteroatoms. The Labute approximate surface area is 218 Å². The Morgan fingerprint density at radius 1 is 1.00 bits per heavy atom. The molecule has 1 aliphatic carbocycles. The standard InChI is InChI=1S/C27H28F3N3O3S/c1-35-22-13-19-20(14-23(22)36-2)31-26(37-15-17-8-10-18(11-9-17)27(28,29)30)33-21(25(34)32-24(19)33)12-16-6-4-3-5-7-16/h8-11,13-14,16,21H,3-7,12,15H2,1-2H3/t21-/m0/s1. The van der Waals surface area contributed by atoms with Gasteiger partial charge in [0, 0.05) is 17.4 Å². The Morgan fingerprint density at radius 2 is 1.68 bits per heavy atom. The summed E-state index contributed by atoms with van der Waals surface area (Å²) in [6, 6.07) is 8.22. The van der Waals surface area contributed by atoms with Crippen molar-refractivity contribution >= 4 is 34.4 Å². The number of aliphatic imine (C=N–C) groups is 2. The van der Waals surface area contributed by atoms with Crippen LogP contribution in [-0.4, -0.2) is 42.1 Å². The first kappa shape index (κ1) is 25.6. The van der Waals surface area contributed by atoms with Crippen molar-refractivity contribution in [2.75, 3.05) is 14.2 Å². The number of hydrogen-bond acceptors (Lipinski definition) is 6. The molecule has 2 aromatic carbocycles. The molecule has 1 saturated carbocycles. The van der Waals surface area contributed by atoms with Gasteiger partial charge < -0.3 is 9.47 Å². The zero-order chi connectivity index (χ0) is 26.2. The number of benzene rings is 2. The summed E-state index contributed by atoms with van der Waals surface area (Å²) in [7, 11) is 3.09. The lowest BCUT2D eigenvalue weighted by molar-refractivity contribution is -0.137. The minimum atomic E-state index is -4.38. The van der Waals surface area contributed by atoms with Crippen molar-refractivity contribution < 1.29 is 27.4 Å². The number of thioether (sulfide) groups is 1. The van der Waals surface area contributed by atoms with Crippen LogP contribution in [0.5, 0.6) is 11.5 Å². The summed E-state index contributed by atoms with van der Waals surface area (Å²) in [6.45, 7) is 0. The molecule has 1 atom stereocenters. The smallest absolute Gasteiger partial charge is 0.416 e. The topological polar surface area (TPSA) is 63.5 Å². The van der Waals surface area contributed by atoms with E-state index in [0.29, 0.717) is 51.8 Å². The number of fused-ring (bicyclic) bond motifs is 3. The number of amidine groups is 2. The number of alkyl halides is 3. The van der Waals surface area contributed by atoms with Crippen molar-refractivity contribution in [3.05, 3.63) is 53.1 Å². The van der Waals surface area contributed by atoms with E-state index in [1.54, 1.807) is 26.4 Å². The number of hydrogen-bond donors (Lipinski definition) is 0. The second kappa shape index (κ2) is 10.4. The molecule has 3 aliphatic rings. The van der Waals surface area contributed by atoms with E-state index >= 15 is 0 Å². The van der Waals surface area contributed by atoms with Gasteiger partial charge in [-0.25, -0.2) is 4.99 Å². The Hall–Kier alpha value is -3.01. The summed E-state index contributed by atoms with van der Waals surface area (Å²) in [6.07, 6.45) is 2.08. The molecule has 0 radical (unpaired) electrons. The third kappa shape index (κ3) is 5.21. The van der Waals surface area contributed by atoms with Crippen LogP contribution in [0.1, 0.15) is 55.2 Å². The van der Waals surface area contributed by atoms with Crippen LogP contribution in [0.25, 0.3) is 0 Å². The van der Waals surface area contributed by atoms with Crippen LogP contribution in [0, 0.1) is 5.92 Å². The number of carbonyl (C=O) groups is 1. The maximum atomic E-state index is 13.2. The fourth-order valence-corrected chi connectivity index (χ4v) is 6.19. The maximum Gasteiger partial charge on any atom is 0.416 e. The lowest BCUT2D eigenvalue weighted by Crippen LogP contribution is -2.44. The lowest BCUT2D eigenvalue weighted by Gasteiger charge is -2.33. The van der Waals surface area contributed by atoms with Crippen molar-refractivity contribution in [2.45, 2.75) is 56.5 Å². The van der Waals surface area contributed by atoms with E-state index in [4.69, 9.17) is 14.5 Å². The average Bonchev–Trinajstić information content (AvgIpc) is 3.22. The molecule has 1 amide bonds. The van der Waals surface area contributed by atoms with Crippen molar-refractivity contribution in [1.82, 2.24) is 4.90 Å². The minimum Gasteiger partial charge on any atom is -0.493 e. The molecule has 2 heterocycles. The van der Waals surface area contributed by atoms with Gasteiger partial charge in [0.15, 0.2) is 16.7 Å². The average molecular weight is 532 g/mol. The number of halogens is 3. The zero-order valence-corrected chi connectivity index (χ0v) is 21.5. The Kier molecular flexibility index (Phi) is 7.20. The number of methoxy groups -OCH3 is 2. The highest BCUT2D eigenvalue weighted by atomic mass is 32.2. The van der Waals surface area contributed by atoms with Crippen LogP contribution in [-0.2, 0) is 16.7 Å². The molecule has 6 nitrogen and oxygen atoms in total. The number of amides is 1. The van der Waals surface area contributed by atoms with Crippen LogP contribution >= 0.6 is 11.8 Å². The van der Waals surface area contributed by atoms with Gasteiger partial charge in [-0.3, -0.25) is 9.69 Å². The van der Waals surface area contributed by atoms with Gasteiger partial charge in [0.05, 0.1) is 25.5 Å². The molecule has 0 bridgehead atoms. The second-order valence-corrected chi connectivity index (χ2v) is 10.4. The van der Waals surface area contributed by atoms with Crippen molar-refractivity contribution in [3.63, 3.8) is 0 Å².